The van der Waals surface area contributed by atoms with E-state index in [0.717, 1.165) is 26.1 Å². The van der Waals surface area contributed by atoms with E-state index in [0.29, 0.717) is 0 Å². The molecule has 3 rings (SSSR count). The molecular weight excluding hydrogens is 268 g/mol. The maximum Gasteiger partial charge on any atom is 0.0237 e. The molecule has 2 aromatic carbocycles. The van der Waals surface area contributed by atoms with Crippen molar-refractivity contribution in [1.29, 1.82) is 0 Å². The van der Waals surface area contributed by atoms with Crippen LogP contribution >= 0.6 is 0 Å². The van der Waals surface area contributed by atoms with Crippen LogP contribution in [0, 0.1) is 0 Å². The Morgan fingerprint density at radius 1 is 0.818 bits per heavy atom. The number of nitrogens with two attached hydrogens (primary N) is 1. The zero-order valence-electron chi connectivity index (χ0n) is 13.2. The van der Waals surface area contributed by atoms with Gasteiger partial charge in [0, 0.05) is 25.2 Å². The fourth-order valence-electron chi connectivity index (χ4n) is 3.16. The van der Waals surface area contributed by atoms with E-state index in [-0.39, 0.29) is 5.54 Å². The van der Waals surface area contributed by atoms with E-state index >= 15 is 0 Å². The van der Waals surface area contributed by atoms with Crippen molar-refractivity contribution < 1.29 is 0 Å². The molecule has 1 aliphatic rings. The Hall–Kier alpha value is -1.64. The summed E-state index contributed by atoms with van der Waals surface area (Å²) in [4.78, 5) is 2.53. The van der Waals surface area contributed by atoms with E-state index in [1.54, 1.807) is 0 Å². The number of benzene rings is 2. The molecule has 2 N–H and O–H groups in total. The Kier molecular flexibility index (Phi) is 4.91. The molecule has 2 heteroatoms. The molecule has 0 aromatic heterocycles. The Balaban J connectivity index is 1.64. The summed E-state index contributed by atoms with van der Waals surface area (Å²) in [7, 11) is 0. The Bertz CT molecular complexity index is 519. The lowest BCUT2D eigenvalue weighted by atomic mass is 9.75. The summed E-state index contributed by atoms with van der Waals surface area (Å²) in [6, 6.07) is 21.5. The molecule has 0 heterocycles. The lowest BCUT2D eigenvalue weighted by molar-refractivity contribution is 0.172. The smallest absolute Gasteiger partial charge is 0.0237 e. The number of hydrogen-bond donors (Lipinski definition) is 1. The molecule has 0 amide bonds. The van der Waals surface area contributed by atoms with Gasteiger partial charge in [-0.2, -0.15) is 0 Å². The Labute approximate surface area is 134 Å². The largest absolute Gasteiger partial charge is 0.325 e. The molecule has 1 aliphatic carbocycles. The van der Waals surface area contributed by atoms with Crippen LogP contribution in [0.25, 0.3) is 0 Å². The third-order valence-electron chi connectivity index (χ3n) is 4.77. The summed E-state index contributed by atoms with van der Waals surface area (Å²) in [6.07, 6.45) is 4.79. The van der Waals surface area contributed by atoms with Crippen LogP contribution in [0.4, 0.5) is 0 Å². The molecule has 116 valence electrons. The third kappa shape index (κ3) is 4.19. The monoisotopic (exact) mass is 294 g/mol. The molecule has 0 spiro atoms. The lowest BCUT2D eigenvalue weighted by Gasteiger charge is -2.39. The predicted octanol–water partition coefficient (Wildman–Crippen LogP) is 3.96. The van der Waals surface area contributed by atoms with Crippen molar-refractivity contribution in [3.8, 4) is 0 Å². The molecule has 0 radical (unpaired) electrons. The van der Waals surface area contributed by atoms with Crippen LogP contribution in [0.15, 0.2) is 60.7 Å². The standard InChI is InChI=1S/C20H26N2/c21-20(12-7-13-20)14-15-22(16-18-8-3-1-4-9-18)17-19-10-5-2-6-11-19/h1-6,8-11H,7,12-17,21H2. The summed E-state index contributed by atoms with van der Waals surface area (Å²) in [6.45, 7) is 3.05. The van der Waals surface area contributed by atoms with Gasteiger partial charge in [-0.3, -0.25) is 4.90 Å². The highest BCUT2D eigenvalue weighted by Crippen LogP contribution is 2.32. The van der Waals surface area contributed by atoms with Gasteiger partial charge in [0.2, 0.25) is 0 Å². The van der Waals surface area contributed by atoms with Gasteiger partial charge in [0.1, 0.15) is 0 Å². The molecule has 1 saturated carbocycles. The van der Waals surface area contributed by atoms with Crippen molar-refractivity contribution in [3.05, 3.63) is 71.8 Å². The van der Waals surface area contributed by atoms with Crippen LogP contribution in [0.5, 0.6) is 0 Å². The summed E-state index contributed by atoms with van der Waals surface area (Å²) >= 11 is 0. The fourth-order valence-corrected chi connectivity index (χ4v) is 3.16. The second-order valence-corrected chi connectivity index (χ2v) is 6.65. The van der Waals surface area contributed by atoms with Crippen molar-refractivity contribution in [2.45, 2.75) is 44.3 Å². The van der Waals surface area contributed by atoms with Crippen LogP contribution in [-0.2, 0) is 13.1 Å². The Morgan fingerprint density at radius 3 is 1.73 bits per heavy atom. The molecule has 22 heavy (non-hydrogen) atoms. The molecular formula is C20H26N2. The zero-order valence-corrected chi connectivity index (χ0v) is 13.2. The van der Waals surface area contributed by atoms with Crippen LogP contribution in [0.1, 0.15) is 36.8 Å². The average molecular weight is 294 g/mol. The van der Waals surface area contributed by atoms with Gasteiger partial charge >= 0.3 is 0 Å². The minimum absolute atomic E-state index is 0.103. The van der Waals surface area contributed by atoms with Crippen LogP contribution in [0.3, 0.4) is 0 Å². The highest BCUT2D eigenvalue weighted by Gasteiger charge is 2.32. The first-order valence-electron chi connectivity index (χ1n) is 8.33. The van der Waals surface area contributed by atoms with E-state index in [2.05, 4.69) is 65.6 Å². The van der Waals surface area contributed by atoms with Crippen LogP contribution in [0.2, 0.25) is 0 Å². The van der Waals surface area contributed by atoms with E-state index in [1.807, 2.05) is 0 Å². The minimum Gasteiger partial charge on any atom is -0.325 e. The van der Waals surface area contributed by atoms with E-state index in [1.165, 1.54) is 30.4 Å². The number of nitrogens with zero attached hydrogens (tertiary/aromatic N) is 1. The topological polar surface area (TPSA) is 29.3 Å². The van der Waals surface area contributed by atoms with Gasteiger partial charge in [-0.05, 0) is 36.8 Å². The fraction of sp³-hybridized carbons (Fsp3) is 0.400. The van der Waals surface area contributed by atoms with Gasteiger partial charge in [0.15, 0.2) is 0 Å². The molecule has 0 unspecified atom stereocenters. The van der Waals surface area contributed by atoms with E-state index < -0.39 is 0 Å². The summed E-state index contributed by atoms with van der Waals surface area (Å²) < 4.78 is 0. The third-order valence-corrected chi connectivity index (χ3v) is 4.77. The predicted molar refractivity (Wildman–Crippen MR) is 92.4 cm³/mol. The highest BCUT2D eigenvalue weighted by atomic mass is 15.1. The maximum atomic E-state index is 6.41. The quantitative estimate of drug-likeness (QED) is 0.837. The molecule has 2 aromatic rings. The highest BCUT2D eigenvalue weighted by molar-refractivity contribution is 5.17. The minimum atomic E-state index is 0.103. The summed E-state index contributed by atoms with van der Waals surface area (Å²) in [5.74, 6) is 0. The molecule has 2 nitrogen and oxygen atoms in total. The van der Waals surface area contributed by atoms with Crippen molar-refractivity contribution in [2.75, 3.05) is 6.54 Å². The number of hydrogen-bond acceptors (Lipinski definition) is 2. The van der Waals surface area contributed by atoms with Crippen molar-refractivity contribution in [3.63, 3.8) is 0 Å². The second kappa shape index (κ2) is 7.08. The normalized spacial score (nSPS) is 16.5. The average Bonchev–Trinajstić information content (AvgIpc) is 2.53. The summed E-state index contributed by atoms with van der Waals surface area (Å²) in [5.41, 5.74) is 9.26. The zero-order chi connectivity index (χ0) is 15.3. The first-order valence-corrected chi connectivity index (χ1v) is 8.33. The van der Waals surface area contributed by atoms with Gasteiger partial charge in [-0.25, -0.2) is 0 Å². The van der Waals surface area contributed by atoms with Gasteiger partial charge < -0.3 is 5.73 Å². The SMILES string of the molecule is NC1(CCN(Cc2ccccc2)Cc2ccccc2)CCC1. The maximum absolute atomic E-state index is 6.41. The first-order chi connectivity index (χ1) is 10.7. The van der Waals surface area contributed by atoms with Gasteiger partial charge in [0.05, 0.1) is 0 Å². The van der Waals surface area contributed by atoms with Gasteiger partial charge in [0.25, 0.3) is 0 Å². The van der Waals surface area contributed by atoms with E-state index in [4.69, 9.17) is 5.73 Å². The molecule has 0 aliphatic heterocycles. The molecule has 1 fully saturated rings. The molecule has 0 bridgehead atoms. The van der Waals surface area contributed by atoms with E-state index in [9.17, 15) is 0 Å². The summed E-state index contributed by atoms with van der Waals surface area (Å²) in [5, 5.41) is 0. The molecule has 0 atom stereocenters. The lowest BCUT2D eigenvalue weighted by Crippen LogP contribution is -2.48. The van der Waals surface area contributed by atoms with Crippen LogP contribution < -0.4 is 5.73 Å². The van der Waals surface area contributed by atoms with Crippen LogP contribution in [-0.4, -0.2) is 17.0 Å². The molecule has 0 saturated heterocycles. The van der Waals surface area contributed by atoms with Crippen molar-refractivity contribution in [1.82, 2.24) is 4.90 Å². The second-order valence-electron chi connectivity index (χ2n) is 6.65. The Morgan fingerprint density at radius 2 is 1.32 bits per heavy atom. The first kappa shape index (κ1) is 15.3. The van der Waals surface area contributed by atoms with Gasteiger partial charge in [-0.15, -0.1) is 0 Å². The number of rotatable bonds is 7. The van der Waals surface area contributed by atoms with Crippen molar-refractivity contribution >= 4 is 0 Å². The van der Waals surface area contributed by atoms with Gasteiger partial charge in [-0.1, -0.05) is 60.7 Å². The van der Waals surface area contributed by atoms with Crippen molar-refractivity contribution in [2.24, 2.45) is 5.73 Å².